The van der Waals surface area contributed by atoms with Crippen LogP contribution in [0.4, 0.5) is 5.69 Å². The maximum Gasteiger partial charge on any atom is 0.261 e. The second kappa shape index (κ2) is 7.37. The van der Waals surface area contributed by atoms with E-state index in [0.29, 0.717) is 29.1 Å². The Labute approximate surface area is 166 Å². The summed E-state index contributed by atoms with van der Waals surface area (Å²) in [5.41, 5.74) is 1.71. The lowest BCUT2D eigenvalue weighted by Gasteiger charge is -2.29. The number of carbonyl (C=O) groups excluding carboxylic acids is 3. The van der Waals surface area contributed by atoms with E-state index >= 15 is 0 Å². The molecule has 0 fully saturated rings. The zero-order valence-corrected chi connectivity index (χ0v) is 16.1. The van der Waals surface area contributed by atoms with E-state index in [-0.39, 0.29) is 30.7 Å². The van der Waals surface area contributed by atoms with E-state index in [2.05, 4.69) is 0 Å². The minimum Gasteiger partial charge on any atom is -0.310 e. The first-order valence-electron chi connectivity index (χ1n) is 8.74. The molecule has 4 rings (SSSR count). The number of rotatable bonds is 4. The number of nitrogens with zero attached hydrogens (tertiary/aromatic N) is 2. The lowest BCUT2D eigenvalue weighted by Crippen LogP contribution is -2.36. The van der Waals surface area contributed by atoms with Gasteiger partial charge in [-0.25, -0.2) is 0 Å². The number of imide groups is 1. The number of hydrogen-bond donors (Lipinski definition) is 0. The maximum atomic E-state index is 12.7. The number of hydrogen-bond acceptors (Lipinski definition) is 4. The van der Waals surface area contributed by atoms with Crippen molar-refractivity contribution < 1.29 is 14.4 Å². The van der Waals surface area contributed by atoms with Gasteiger partial charge in [-0.2, -0.15) is 0 Å². The minimum absolute atomic E-state index is 0.0181. The van der Waals surface area contributed by atoms with Crippen molar-refractivity contribution in [2.75, 3.05) is 23.7 Å². The summed E-state index contributed by atoms with van der Waals surface area (Å²) in [6, 6.07) is 12.4. The Hall–Kier alpha value is -2.31. The van der Waals surface area contributed by atoms with Crippen LogP contribution in [-0.2, 0) is 4.79 Å². The molecule has 0 radical (unpaired) electrons. The van der Waals surface area contributed by atoms with Gasteiger partial charge in [0.2, 0.25) is 5.91 Å². The summed E-state index contributed by atoms with van der Waals surface area (Å²) in [6.07, 6.45) is 0.702. The molecule has 0 atom stereocenters. The van der Waals surface area contributed by atoms with Crippen LogP contribution in [-0.4, -0.2) is 41.5 Å². The molecule has 0 saturated carbocycles. The van der Waals surface area contributed by atoms with Gasteiger partial charge < -0.3 is 4.90 Å². The smallest absolute Gasteiger partial charge is 0.261 e. The molecule has 27 heavy (non-hydrogen) atoms. The fraction of sp³-hybridized carbons (Fsp3) is 0.250. The Kier molecular flexibility index (Phi) is 4.93. The van der Waals surface area contributed by atoms with Gasteiger partial charge in [-0.05, 0) is 36.8 Å². The number of thioether (sulfide) groups is 1. The van der Waals surface area contributed by atoms with Crippen LogP contribution < -0.4 is 4.90 Å². The average molecular weight is 401 g/mol. The number of benzene rings is 2. The van der Waals surface area contributed by atoms with Crippen molar-refractivity contribution in [3.8, 4) is 0 Å². The fourth-order valence-corrected chi connectivity index (χ4v) is 4.56. The third-order valence-corrected chi connectivity index (χ3v) is 6.01. The number of fused-ring (bicyclic) bond motifs is 2. The monoisotopic (exact) mass is 400 g/mol. The zero-order chi connectivity index (χ0) is 19.0. The van der Waals surface area contributed by atoms with Crippen molar-refractivity contribution in [2.24, 2.45) is 0 Å². The number of amides is 3. The molecule has 2 heterocycles. The minimum atomic E-state index is -0.283. The van der Waals surface area contributed by atoms with Gasteiger partial charge in [0.25, 0.3) is 11.8 Å². The Balaban J connectivity index is 1.40. The number of carbonyl (C=O) groups is 3. The highest BCUT2D eigenvalue weighted by Gasteiger charge is 2.34. The van der Waals surface area contributed by atoms with E-state index in [1.165, 1.54) is 4.90 Å². The van der Waals surface area contributed by atoms with Gasteiger partial charge in [0.15, 0.2) is 0 Å². The lowest BCUT2D eigenvalue weighted by molar-refractivity contribution is -0.118. The van der Waals surface area contributed by atoms with Crippen LogP contribution in [0, 0.1) is 0 Å². The van der Waals surface area contributed by atoms with Gasteiger partial charge in [0.05, 0.1) is 16.8 Å². The van der Waals surface area contributed by atoms with Crippen LogP contribution in [0.25, 0.3) is 0 Å². The Morgan fingerprint density at radius 1 is 1.07 bits per heavy atom. The molecule has 2 aromatic rings. The summed E-state index contributed by atoms with van der Waals surface area (Å²) in [4.78, 5) is 41.5. The summed E-state index contributed by atoms with van der Waals surface area (Å²) in [7, 11) is 0. The van der Waals surface area contributed by atoms with Crippen molar-refractivity contribution in [2.45, 2.75) is 17.7 Å². The van der Waals surface area contributed by atoms with E-state index in [1.54, 1.807) is 40.9 Å². The predicted molar refractivity (Wildman–Crippen MR) is 106 cm³/mol. The third kappa shape index (κ3) is 3.35. The first-order valence-corrected chi connectivity index (χ1v) is 10.1. The highest BCUT2D eigenvalue weighted by Crippen LogP contribution is 2.37. The van der Waals surface area contributed by atoms with E-state index in [0.717, 1.165) is 16.3 Å². The quantitative estimate of drug-likeness (QED) is 0.731. The van der Waals surface area contributed by atoms with Crippen LogP contribution in [0.5, 0.6) is 0 Å². The van der Waals surface area contributed by atoms with Crippen LogP contribution >= 0.6 is 23.4 Å². The van der Waals surface area contributed by atoms with Crippen LogP contribution in [0.1, 0.15) is 33.6 Å². The van der Waals surface area contributed by atoms with Crippen LogP contribution in [0.2, 0.25) is 5.02 Å². The van der Waals surface area contributed by atoms with E-state index in [1.807, 2.05) is 18.2 Å². The molecule has 2 aliphatic rings. The second-order valence-corrected chi connectivity index (χ2v) is 7.99. The topological polar surface area (TPSA) is 57.7 Å². The Bertz CT molecular complexity index is 912. The lowest BCUT2D eigenvalue weighted by atomic mass is 10.1. The van der Waals surface area contributed by atoms with Crippen molar-refractivity contribution in [1.29, 1.82) is 0 Å². The van der Waals surface area contributed by atoms with Gasteiger partial charge >= 0.3 is 0 Å². The molecule has 0 bridgehead atoms. The molecule has 2 aromatic carbocycles. The van der Waals surface area contributed by atoms with Gasteiger partial charge in [0.1, 0.15) is 0 Å². The van der Waals surface area contributed by atoms with Crippen LogP contribution in [0.3, 0.4) is 0 Å². The van der Waals surface area contributed by atoms with Crippen molar-refractivity contribution in [3.63, 3.8) is 0 Å². The summed E-state index contributed by atoms with van der Waals surface area (Å²) < 4.78 is 0. The largest absolute Gasteiger partial charge is 0.310 e. The molecule has 138 valence electrons. The molecule has 0 N–H and O–H groups in total. The van der Waals surface area contributed by atoms with Gasteiger partial charge in [-0.1, -0.05) is 23.7 Å². The SMILES string of the molecule is O=C1c2ccccc2C(=O)N1CCCC(=O)N1CCSc2ccc(Cl)cc21. The van der Waals surface area contributed by atoms with Crippen molar-refractivity contribution in [1.82, 2.24) is 4.90 Å². The van der Waals surface area contributed by atoms with Gasteiger partial charge in [-0.3, -0.25) is 19.3 Å². The molecular weight excluding hydrogens is 384 g/mol. The average Bonchev–Trinajstić information content (AvgIpc) is 2.92. The summed E-state index contributed by atoms with van der Waals surface area (Å²) >= 11 is 7.79. The molecule has 2 aliphatic heterocycles. The summed E-state index contributed by atoms with van der Waals surface area (Å²) in [5, 5.41) is 0.597. The summed E-state index contributed by atoms with van der Waals surface area (Å²) in [5.74, 6) is 0.248. The molecule has 0 unspecified atom stereocenters. The molecule has 0 aromatic heterocycles. The molecule has 7 heteroatoms. The van der Waals surface area contributed by atoms with Crippen molar-refractivity contribution in [3.05, 3.63) is 58.6 Å². The van der Waals surface area contributed by atoms with E-state index in [4.69, 9.17) is 11.6 Å². The van der Waals surface area contributed by atoms with E-state index in [9.17, 15) is 14.4 Å². The maximum absolute atomic E-state index is 12.7. The number of anilines is 1. The molecule has 0 aliphatic carbocycles. The number of halogens is 1. The molecule has 0 spiro atoms. The first kappa shape index (κ1) is 18.1. The van der Waals surface area contributed by atoms with Gasteiger partial charge in [-0.15, -0.1) is 11.8 Å². The third-order valence-electron chi connectivity index (χ3n) is 4.74. The first-order chi connectivity index (χ1) is 13.1. The highest BCUT2D eigenvalue weighted by molar-refractivity contribution is 7.99. The standard InChI is InChI=1S/C20H17ClN2O3S/c21-13-7-8-17-16(12-13)22(10-11-27-17)18(24)6-3-9-23-19(25)14-4-1-2-5-15(14)20(23)26/h1-2,4-5,7-8,12H,3,6,9-11H2. The van der Waals surface area contributed by atoms with E-state index < -0.39 is 0 Å². The van der Waals surface area contributed by atoms with Crippen molar-refractivity contribution >= 4 is 46.8 Å². The molecule has 5 nitrogen and oxygen atoms in total. The second-order valence-electron chi connectivity index (χ2n) is 6.42. The Morgan fingerprint density at radius 3 is 2.48 bits per heavy atom. The molecular formula is C20H17ClN2O3S. The highest BCUT2D eigenvalue weighted by atomic mass is 35.5. The van der Waals surface area contributed by atoms with Gasteiger partial charge in [0, 0.05) is 35.2 Å². The van der Waals surface area contributed by atoms with Crippen LogP contribution in [0.15, 0.2) is 47.4 Å². The zero-order valence-electron chi connectivity index (χ0n) is 14.5. The molecule has 3 amide bonds. The summed E-state index contributed by atoms with van der Waals surface area (Å²) in [6.45, 7) is 0.868. The predicted octanol–water partition coefficient (Wildman–Crippen LogP) is 3.86. The molecule has 0 saturated heterocycles. The normalized spacial score (nSPS) is 15.7. The Morgan fingerprint density at radius 2 is 1.78 bits per heavy atom. The fourth-order valence-electron chi connectivity index (χ4n) is 3.42.